The molecule has 0 aromatic heterocycles. The molecule has 0 bridgehead atoms. The fourth-order valence-electron chi connectivity index (χ4n) is 2.53. The van der Waals surface area contributed by atoms with Gasteiger partial charge in [-0.1, -0.05) is 44.2 Å². The summed E-state index contributed by atoms with van der Waals surface area (Å²) in [5, 5.41) is 3.64. The van der Waals surface area contributed by atoms with Gasteiger partial charge in [0.05, 0.1) is 0 Å². The molecule has 100 valence electrons. The van der Waals surface area contributed by atoms with Crippen molar-refractivity contribution >= 4 is 0 Å². The van der Waals surface area contributed by atoms with Crippen molar-refractivity contribution in [1.29, 1.82) is 0 Å². The van der Waals surface area contributed by atoms with Crippen molar-refractivity contribution in [2.45, 2.75) is 32.1 Å². The Morgan fingerprint density at radius 2 is 1.83 bits per heavy atom. The van der Waals surface area contributed by atoms with Crippen LogP contribution >= 0.6 is 0 Å². The fourth-order valence-corrected chi connectivity index (χ4v) is 2.53. The molecule has 0 amide bonds. The van der Waals surface area contributed by atoms with Crippen LogP contribution in [0.25, 0.3) is 0 Å². The van der Waals surface area contributed by atoms with Gasteiger partial charge in [0, 0.05) is 25.2 Å². The Hall–Kier alpha value is -0.860. The van der Waals surface area contributed by atoms with Crippen molar-refractivity contribution < 1.29 is 4.74 Å². The highest BCUT2D eigenvalue weighted by Gasteiger charge is 2.21. The van der Waals surface area contributed by atoms with Gasteiger partial charge in [0.1, 0.15) is 0 Å². The van der Waals surface area contributed by atoms with Gasteiger partial charge >= 0.3 is 0 Å². The number of ether oxygens (including phenoxy) is 1. The fraction of sp³-hybridized carbons (Fsp3) is 0.625. The summed E-state index contributed by atoms with van der Waals surface area (Å²) >= 11 is 0. The number of rotatable bonds is 5. The van der Waals surface area contributed by atoms with Gasteiger partial charge in [0.15, 0.2) is 0 Å². The van der Waals surface area contributed by atoms with E-state index < -0.39 is 0 Å². The highest BCUT2D eigenvalue weighted by molar-refractivity contribution is 5.23. The number of hydrogen-bond donors (Lipinski definition) is 1. The van der Waals surface area contributed by atoms with Crippen LogP contribution in [0.15, 0.2) is 30.3 Å². The monoisotopic (exact) mass is 247 g/mol. The Kier molecular flexibility index (Phi) is 4.79. The van der Waals surface area contributed by atoms with E-state index in [1.165, 1.54) is 18.4 Å². The van der Waals surface area contributed by atoms with Crippen LogP contribution in [0.3, 0.4) is 0 Å². The molecule has 1 saturated heterocycles. The number of hydrogen-bond acceptors (Lipinski definition) is 2. The van der Waals surface area contributed by atoms with E-state index in [1.807, 2.05) is 0 Å². The predicted octanol–water partition coefficient (Wildman–Crippen LogP) is 2.98. The van der Waals surface area contributed by atoms with Crippen molar-refractivity contribution in [3.05, 3.63) is 35.9 Å². The molecule has 1 fully saturated rings. The molecule has 2 heteroatoms. The molecule has 0 spiro atoms. The highest BCUT2D eigenvalue weighted by atomic mass is 16.5. The molecule has 2 nitrogen and oxygen atoms in total. The van der Waals surface area contributed by atoms with Gasteiger partial charge in [-0.15, -0.1) is 0 Å². The minimum atomic E-state index is 0.201. The molecule has 1 heterocycles. The summed E-state index contributed by atoms with van der Waals surface area (Å²) in [7, 11) is 0. The first-order valence-electron chi connectivity index (χ1n) is 7.02. The van der Waals surface area contributed by atoms with Crippen molar-refractivity contribution in [2.75, 3.05) is 26.3 Å². The van der Waals surface area contributed by atoms with Crippen LogP contribution in [0.2, 0.25) is 0 Å². The summed E-state index contributed by atoms with van der Waals surface area (Å²) in [6, 6.07) is 10.8. The number of benzene rings is 1. The largest absolute Gasteiger partial charge is 0.381 e. The molecule has 0 saturated carbocycles. The third kappa shape index (κ3) is 3.82. The smallest absolute Gasteiger partial charge is 0.0469 e. The average molecular weight is 247 g/mol. The summed E-state index contributed by atoms with van der Waals surface area (Å²) in [5.74, 6) is 0.797. The van der Waals surface area contributed by atoms with Crippen molar-refractivity contribution in [3.8, 4) is 0 Å². The third-order valence-electron chi connectivity index (χ3n) is 3.90. The molecular weight excluding hydrogens is 222 g/mol. The summed E-state index contributed by atoms with van der Waals surface area (Å²) in [4.78, 5) is 0. The molecule has 0 radical (unpaired) electrons. The van der Waals surface area contributed by atoms with E-state index in [9.17, 15) is 0 Å². The van der Waals surface area contributed by atoms with E-state index in [0.29, 0.717) is 0 Å². The van der Waals surface area contributed by atoms with Gasteiger partial charge in [-0.3, -0.25) is 0 Å². The summed E-state index contributed by atoms with van der Waals surface area (Å²) in [6.45, 7) is 8.65. The van der Waals surface area contributed by atoms with E-state index in [2.05, 4.69) is 49.5 Å². The van der Waals surface area contributed by atoms with Crippen molar-refractivity contribution in [2.24, 2.45) is 5.92 Å². The zero-order chi connectivity index (χ0) is 12.8. The molecule has 1 aliphatic rings. The summed E-state index contributed by atoms with van der Waals surface area (Å²) < 4.78 is 5.39. The third-order valence-corrected chi connectivity index (χ3v) is 3.90. The first kappa shape index (κ1) is 13.6. The van der Waals surface area contributed by atoms with Gasteiger partial charge in [-0.05, 0) is 30.9 Å². The maximum Gasteiger partial charge on any atom is 0.0469 e. The molecule has 1 aliphatic heterocycles. The lowest BCUT2D eigenvalue weighted by molar-refractivity contribution is 0.0660. The molecule has 18 heavy (non-hydrogen) atoms. The van der Waals surface area contributed by atoms with Gasteiger partial charge in [-0.2, -0.15) is 0 Å². The van der Waals surface area contributed by atoms with Crippen LogP contribution in [-0.2, 0) is 10.2 Å². The Labute approximate surface area is 111 Å². The van der Waals surface area contributed by atoms with E-state index in [1.54, 1.807) is 0 Å². The zero-order valence-electron chi connectivity index (χ0n) is 11.6. The molecule has 1 N–H and O–H groups in total. The van der Waals surface area contributed by atoms with Crippen molar-refractivity contribution in [3.63, 3.8) is 0 Å². The van der Waals surface area contributed by atoms with E-state index in [-0.39, 0.29) is 5.41 Å². The maximum atomic E-state index is 5.39. The zero-order valence-corrected chi connectivity index (χ0v) is 11.6. The van der Waals surface area contributed by atoms with Crippen molar-refractivity contribution in [1.82, 2.24) is 5.32 Å². The van der Waals surface area contributed by atoms with E-state index in [4.69, 9.17) is 4.74 Å². The second kappa shape index (κ2) is 6.35. The normalized spacial score (nSPS) is 17.9. The van der Waals surface area contributed by atoms with E-state index >= 15 is 0 Å². The Morgan fingerprint density at radius 1 is 1.17 bits per heavy atom. The quantitative estimate of drug-likeness (QED) is 0.863. The molecule has 1 aromatic carbocycles. The van der Waals surface area contributed by atoms with E-state index in [0.717, 1.165) is 32.2 Å². The molecule has 0 atom stereocenters. The molecule has 0 aliphatic carbocycles. The average Bonchev–Trinajstić information content (AvgIpc) is 2.41. The highest BCUT2D eigenvalue weighted by Crippen LogP contribution is 2.22. The Balaban J connectivity index is 1.78. The molecular formula is C16H25NO. The lowest BCUT2D eigenvalue weighted by Gasteiger charge is -2.28. The second-order valence-electron chi connectivity index (χ2n) is 5.94. The van der Waals surface area contributed by atoms with Crippen LogP contribution in [0.1, 0.15) is 32.3 Å². The minimum Gasteiger partial charge on any atom is -0.381 e. The minimum absolute atomic E-state index is 0.201. The van der Waals surface area contributed by atoms with Gasteiger partial charge in [-0.25, -0.2) is 0 Å². The standard InChI is InChI=1S/C16H25NO/c1-16(2,15-6-4-3-5-7-15)13-17-12-14-8-10-18-11-9-14/h3-7,14,17H,8-13H2,1-2H3. The predicted molar refractivity (Wildman–Crippen MR) is 75.9 cm³/mol. The lowest BCUT2D eigenvalue weighted by Crippen LogP contribution is -2.36. The van der Waals surface area contributed by atoms with Crippen LogP contribution in [0.5, 0.6) is 0 Å². The maximum absolute atomic E-state index is 5.39. The topological polar surface area (TPSA) is 21.3 Å². The molecule has 0 unspecified atom stereocenters. The summed E-state index contributed by atoms with van der Waals surface area (Å²) in [5.41, 5.74) is 1.61. The van der Waals surface area contributed by atoms with Gasteiger partial charge in [0.25, 0.3) is 0 Å². The lowest BCUT2D eigenvalue weighted by atomic mass is 9.84. The van der Waals surface area contributed by atoms with Gasteiger partial charge in [0.2, 0.25) is 0 Å². The first-order chi connectivity index (χ1) is 8.68. The van der Waals surface area contributed by atoms with Crippen LogP contribution in [0.4, 0.5) is 0 Å². The SMILES string of the molecule is CC(C)(CNCC1CCOCC1)c1ccccc1. The first-order valence-corrected chi connectivity index (χ1v) is 7.02. The Bertz CT molecular complexity index is 341. The van der Waals surface area contributed by atoms with Crippen LogP contribution < -0.4 is 5.32 Å². The summed E-state index contributed by atoms with van der Waals surface area (Å²) in [6.07, 6.45) is 2.41. The van der Waals surface area contributed by atoms with Crippen LogP contribution in [0, 0.1) is 5.92 Å². The van der Waals surface area contributed by atoms with Gasteiger partial charge < -0.3 is 10.1 Å². The Morgan fingerprint density at radius 3 is 2.50 bits per heavy atom. The second-order valence-corrected chi connectivity index (χ2v) is 5.94. The number of nitrogens with one attached hydrogen (secondary N) is 1. The molecule has 1 aromatic rings. The molecule has 2 rings (SSSR count). The van der Waals surface area contributed by atoms with Crippen LogP contribution in [-0.4, -0.2) is 26.3 Å².